The minimum Gasteiger partial charge on any atom is -0.488 e. The van der Waals surface area contributed by atoms with Gasteiger partial charge in [-0.1, -0.05) is 30.5 Å². The molecule has 0 amide bonds. The summed E-state index contributed by atoms with van der Waals surface area (Å²) in [4.78, 5) is 0. The van der Waals surface area contributed by atoms with Gasteiger partial charge in [0, 0.05) is 17.9 Å². The molecule has 3 rings (SSSR count). The van der Waals surface area contributed by atoms with Gasteiger partial charge < -0.3 is 10.1 Å². The van der Waals surface area contributed by atoms with Gasteiger partial charge in [0.15, 0.2) is 0 Å². The molecule has 2 atom stereocenters. The van der Waals surface area contributed by atoms with E-state index in [0.29, 0.717) is 17.6 Å². The van der Waals surface area contributed by atoms with Crippen LogP contribution in [-0.2, 0) is 0 Å². The van der Waals surface area contributed by atoms with Crippen LogP contribution in [0.5, 0.6) is 5.75 Å². The van der Waals surface area contributed by atoms with Gasteiger partial charge in [0.05, 0.1) is 5.02 Å². The number of hydrogen-bond donors (Lipinski definition) is 1. The molecular weight excluding hydrogens is 258 g/mol. The lowest BCUT2D eigenvalue weighted by molar-refractivity contribution is -0.0736. The predicted molar refractivity (Wildman–Crippen MR) is 79.0 cm³/mol. The molecule has 1 aromatic rings. The third-order valence-electron chi connectivity index (χ3n) is 5.02. The number of aryl methyl sites for hydroxylation is 1. The van der Waals surface area contributed by atoms with E-state index in [-0.39, 0.29) is 0 Å². The number of rotatable bonds is 3. The molecule has 1 spiro atoms. The van der Waals surface area contributed by atoms with E-state index in [1.165, 1.54) is 31.2 Å². The maximum Gasteiger partial charge on any atom is 0.138 e. The summed E-state index contributed by atoms with van der Waals surface area (Å²) in [5.41, 5.74) is 1.55. The Bertz CT molecular complexity index is 468. The molecule has 2 fully saturated rings. The monoisotopic (exact) mass is 279 g/mol. The summed E-state index contributed by atoms with van der Waals surface area (Å²) < 4.78 is 6.26. The Morgan fingerprint density at radius 1 is 1.32 bits per heavy atom. The van der Waals surface area contributed by atoms with E-state index in [9.17, 15) is 0 Å². The zero-order valence-electron chi connectivity index (χ0n) is 11.7. The maximum absolute atomic E-state index is 6.26. The zero-order chi connectivity index (χ0) is 13.5. The standard InChI is InChI=1S/C16H22ClNO/c1-11-5-6-12(17)13(9-11)19-15-10-14(18-2)16(15)7-3-4-8-16/h5-6,9,14-15,18H,3-4,7-8,10H2,1-2H3. The fourth-order valence-corrected chi connectivity index (χ4v) is 4.04. The third kappa shape index (κ3) is 2.15. The molecule has 0 aliphatic heterocycles. The summed E-state index contributed by atoms with van der Waals surface area (Å²) in [6.07, 6.45) is 6.66. The second-order valence-electron chi connectivity index (χ2n) is 6.06. The smallest absolute Gasteiger partial charge is 0.138 e. The van der Waals surface area contributed by atoms with Gasteiger partial charge in [-0.3, -0.25) is 0 Å². The molecule has 2 saturated carbocycles. The largest absolute Gasteiger partial charge is 0.488 e. The third-order valence-corrected chi connectivity index (χ3v) is 5.34. The first-order chi connectivity index (χ1) is 9.15. The van der Waals surface area contributed by atoms with Crippen molar-refractivity contribution in [3.05, 3.63) is 28.8 Å². The minimum absolute atomic E-state index is 0.326. The molecular formula is C16H22ClNO. The van der Waals surface area contributed by atoms with Crippen molar-refractivity contribution in [2.24, 2.45) is 5.41 Å². The molecule has 1 N–H and O–H groups in total. The van der Waals surface area contributed by atoms with Crippen molar-refractivity contribution in [3.8, 4) is 5.75 Å². The molecule has 0 heterocycles. The SMILES string of the molecule is CNC1CC(Oc2cc(C)ccc2Cl)C12CCCC2. The lowest BCUT2D eigenvalue weighted by Gasteiger charge is -2.53. The molecule has 0 saturated heterocycles. The Labute approximate surface area is 120 Å². The normalized spacial score (nSPS) is 28.4. The average Bonchev–Trinajstić information content (AvgIpc) is 2.90. The van der Waals surface area contributed by atoms with E-state index < -0.39 is 0 Å². The summed E-state index contributed by atoms with van der Waals surface area (Å²) in [5, 5.41) is 4.19. The lowest BCUT2D eigenvalue weighted by atomic mass is 9.60. The highest BCUT2D eigenvalue weighted by Crippen LogP contribution is 2.54. The van der Waals surface area contributed by atoms with Crippen molar-refractivity contribution in [2.45, 2.75) is 51.2 Å². The van der Waals surface area contributed by atoms with Gasteiger partial charge in [-0.15, -0.1) is 0 Å². The van der Waals surface area contributed by atoms with Crippen LogP contribution in [0.2, 0.25) is 5.02 Å². The highest BCUT2D eigenvalue weighted by molar-refractivity contribution is 6.32. The highest BCUT2D eigenvalue weighted by atomic mass is 35.5. The first-order valence-corrected chi connectivity index (χ1v) is 7.63. The Balaban J connectivity index is 1.78. The first-order valence-electron chi connectivity index (χ1n) is 7.26. The number of halogens is 1. The van der Waals surface area contributed by atoms with Crippen LogP contribution in [0.1, 0.15) is 37.7 Å². The van der Waals surface area contributed by atoms with E-state index in [4.69, 9.17) is 16.3 Å². The van der Waals surface area contributed by atoms with Crippen molar-refractivity contribution in [1.29, 1.82) is 0 Å². The van der Waals surface area contributed by atoms with Crippen molar-refractivity contribution in [1.82, 2.24) is 5.32 Å². The summed E-state index contributed by atoms with van der Waals surface area (Å²) in [5.74, 6) is 0.854. The maximum atomic E-state index is 6.26. The summed E-state index contributed by atoms with van der Waals surface area (Å²) >= 11 is 6.25. The van der Waals surface area contributed by atoms with Gasteiger partial charge in [-0.05, 0) is 44.5 Å². The van der Waals surface area contributed by atoms with Crippen molar-refractivity contribution < 1.29 is 4.74 Å². The van der Waals surface area contributed by atoms with Gasteiger partial charge in [-0.2, -0.15) is 0 Å². The van der Waals surface area contributed by atoms with Crippen molar-refractivity contribution in [2.75, 3.05) is 7.05 Å². The quantitative estimate of drug-likeness (QED) is 0.905. The number of hydrogen-bond acceptors (Lipinski definition) is 2. The number of ether oxygens (including phenoxy) is 1. The van der Waals surface area contributed by atoms with Crippen molar-refractivity contribution in [3.63, 3.8) is 0 Å². The molecule has 1 aromatic carbocycles. The predicted octanol–water partition coefficient (Wildman–Crippen LogP) is 3.95. The van der Waals surface area contributed by atoms with Crippen LogP contribution in [0.25, 0.3) is 0 Å². The van der Waals surface area contributed by atoms with Gasteiger partial charge in [0.2, 0.25) is 0 Å². The van der Waals surface area contributed by atoms with Gasteiger partial charge >= 0.3 is 0 Å². The summed E-state index contributed by atoms with van der Waals surface area (Å²) in [6, 6.07) is 6.63. The van der Waals surface area contributed by atoms with E-state index in [0.717, 1.165) is 17.2 Å². The van der Waals surface area contributed by atoms with Crippen LogP contribution in [0.4, 0.5) is 0 Å². The van der Waals surface area contributed by atoms with E-state index in [2.05, 4.69) is 25.4 Å². The molecule has 0 radical (unpaired) electrons. The molecule has 2 nitrogen and oxygen atoms in total. The topological polar surface area (TPSA) is 21.3 Å². The highest BCUT2D eigenvalue weighted by Gasteiger charge is 2.57. The average molecular weight is 280 g/mol. The number of nitrogens with one attached hydrogen (secondary N) is 1. The second kappa shape index (κ2) is 4.99. The van der Waals surface area contributed by atoms with Crippen molar-refractivity contribution >= 4 is 11.6 Å². The molecule has 2 unspecified atom stereocenters. The molecule has 0 aromatic heterocycles. The molecule has 3 heteroatoms. The summed E-state index contributed by atoms with van der Waals surface area (Å²) in [7, 11) is 2.07. The van der Waals surface area contributed by atoms with E-state index >= 15 is 0 Å². The van der Waals surface area contributed by atoms with E-state index in [1.807, 2.05) is 12.1 Å². The first kappa shape index (κ1) is 13.3. The van der Waals surface area contributed by atoms with Crippen LogP contribution in [0.3, 0.4) is 0 Å². The van der Waals surface area contributed by atoms with Crippen LogP contribution in [0.15, 0.2) is 18.2 Å². The minimum atomic E-state index is 0.326. The zero-order valence-corrected chi connectivity index (χ0v) is 12.5. The lowest BCUT2D eigenvalue weighted by Crippen LogP contribution is -2.63. The van der Waals surface area contributed by atoms with Crippen LogP contribution in [-0.4, -0.2) is 19.2 Å². The van der Waals surface area contributed by atoms with Crippen LogP contribution >= 0.6 is 11.6 Å². The second-order valence-corrected chi connectivity index (χ2v) is 6.46. The van der Waals surface area contributed by atoms with Gasteiger partial charge in [0.25, 0.3) is 0 Å². The molecule has 2 aliphatic carbocycles. The Morgan fingerprint density at radius 3 is 2.74 bits per heavy atom. The van der Waals surface area contributed by atoms with Crippen LogP contribution in [0, 0.1) is 12.3 Å². The summed E-state index contributed by atoms with van der Waals surface area (Å²) in [6.45, 7) is 2.08. The molecule has 0 bridgehead atoms. The van der Waals surface area contributed by atoms with Gasteiger partial charge in [0.1, 0.15) is 11.9 Å². The Kier molecular flexibility index (Phi) is 3.48. The fourth-order valence-electron chi connectivity index (χ4n) is 3.88. The fraction of sp³-hybridized carbons (Fsp3) is 0.625. The molecule has 19 heavy (non-hydrogen) atoms. The Hall–Kier alpha value is -0.730. The molecule has 104 valence electrons. The van der Waals surface area contributed by atoms with Gasteiger partial charge in [-0.25, -0.2) is 0 Å². The number of benzene rings is 1. The van der Waals surface area contributed by atoms with E-state index in [1.54, 1.807) is 0 Å². The molecule has 2 aliphatic rings. The van der Waals surface area contributed by atoms with Crippen LogP contribution < -0.4 is 10.1 Å². The Morgan fingerprint density at radius 2 is 2.05 bits per heavy atom.